The summed E-state index contributed by atoms with van der Waals surface area (Å²) in [5, 5.41) is 3.51. The van der Waals surface area contributed by atoms with Crippen LogP contribution in [0.2, 0.25) is 0 Å². The molecule has 0 unspecified atom stereocenters. The first-order valence-electron chi connectivity index (χ1n) is 5.40. The Morgan fingerprint density at radius 2 is 2.00 bits per heavy atom. The molecule has 3 heteroatoms. The Morgan fingerprint density at radius 3 is 2.60 bits per heavy atom. The Kier molecular flexibility index (Phi) is 4.23. The number of halogens is 2. The molecule has 0 bridgehead atoms. The van der Waals surface area contributed by atoms with Crippen LogP contribution in [-0.4, -0.2) is 6.54 Å². The first-order valence-corrected chi connectivity index (χ1v) is 6.99. The lowest BCUT2D eigenvalue weighted by Gasteiger charge is -2.25. The van der Waals surface area contributed by atoms with Crippen molar-refractivity contribution >= 4 is 31.9 Å². The Bertz CT molecular complexity index is 334. The van der Waals surface area contributed by atoms with Gasteiger partial charge in [-0.1, -0.05) is 12.5 Å². The monoisotopic (exact) mass is 331 g/mol. The quantitative estimate of drug-likeness (QED) is 0.875. The molecule has 2 rings (SSSR count). The van der Waals surface area contributed by atoms with Crippen LogP contribution in [0.1, 0.15) is 24.8 Å². The maximum absolute atomic E-state index is 3.52. The van der Waals surface area contributed by atoms with Crippen LogP contribution < -0.4 is 5.32 Å². The Hall–Kier alpha value is 0.140. The largest absolute Gasteiger partial charge is 0.312 e. The van der Waals surface area contributed by atoms with E-state index in [2.05, 4.69) is 55.4 Å². The molecule has 1 aromatic rings. The van der Waals surface area contributed by atoms with Gasteiger partial charge in [0.05, 0.1) is 0 Å². The Labute approximate surface area is 108 Å². The average molecular weight is 333 g/mol. The zero-order chi connectivity index (χ0) is 10.7. The van der Waals surface area contributed by atoms with Crippen molar-refractivity contribution in [1.29, 1.82) is 0 Å². The van der Waals surface area contributed by atoms with Gasteiger partial charge >= 0.3 is 0 Å². The minimum Gasteiger partial charge on any atom is -0.312 e. The second-order valence-corrected chi connectivity index (χ2v) is 5.88. The number of nitrogens with one attached hydrogen (secondary N) is 1. The summed E-state index contributed by atoms with van der Waals surface area (Å²) in [5.74, 6) is 0.934. The van der Waals surface area contributed by atoms with Gasteiger partial charge in [0.25, 0.3) is 0 Å². The second-order valence-electron chi connectivity index (χ2n) is 4.18. The molecule has 0 heterocycles. The van der Waals surface area contributed by atoms with E-state index in [4.69, 9.17) is 0 Å². The van der Waals surface area contributed by atoms with Crippen LogP contribution in [-0.2, 0) is 6.54 Å². The van der Waals surface area contributed by atoms with E-state index in [9.17, 15) is 0 Å². The molecule has 0 atom stereocenters. The molecule has 1 N–H and O–H groups in total. The summed E-state index contributed by atoms with van der Waals surface area (Å²) in [4.78, 5) is 0. The topological polar surface area (TPSA) is 12.0 Å². The summed E-state index contributed by atoms with van der Waals surface area (Å²) in [6.45, 7) is 2.15. The van der Waals surface area contributed by atoms with E-state index in [-0.39, 0.29) is 0 Å². The van der Waals surface area contributed by atoms with E-state index in [1.807, 2.05) is 0 Å². The van der Waals surface area contributed by atoms with E-state index in [0.29, 0.717) is 0 Å². The molecule has 0 spiro atoms. The molecule has 1 aliphatic rings. The van der Waals surface area contributed by atoms with E-state index in [1.54, 1.807) is 0 Å². The molecule has 82 valence electrons. The minimum atomic E-state index is 0.934. The van der Waals surface area contributed by atoms with Gasteiger partial charge in [0.2, 0.25) is 0 Å². The molecule has 0 amide bonds. The van der Waals surface area contributed by atoms with Crippen LogP contribution in [0.15, 0.2) is 27.1 Å². The van der Waals surface area contributed by atoms with Crippen LogP contribution in [0.25, 0.3) is 0 Å². The lowest BCUT2D eigenvalue weighted by Crippen LogP contribution is -2.26. The van der Waals surface area contributed by atoms with Gasteiger partial charge in [-0.15, -0.1) is 0 Å². The maximum Gasteiger partial charge on any atom is 0.0320 e. The van der Waals surface area contributed by atoms with Crippen LogP contribution in [0, 0.1) is 5.92 Å². The van der Waals surface area contributed by atoms with Gasteiger partial charge in [0, 0.05) is 15.5 Å². The molecule has 15 heavy (non-hydrogen) atoms. The summed E-state index contributed by atoms with van der Waals surface area (Å²) in [7, 11) is 0. The first kappa shape index (κ1) is 11.6. The average Bonchev–Trinajstić information content (AvgIpc) is 2.15. The first-order chi connectivity index (χ1) is 7.25. The molecule has 0 aromatic heterocycles. The molecular weight excluding hydrogens is 318 g/mol. The van der Waals surface area contributed by atoms with Gasteiger partial charge in [-0.25, -0.2) is 0 Å². The zero-order valence-corrected chi connectivity index (χ0v) is 11.8. The van der Waals surface area contributed by atoms with Crippen molar-refractivity contribution in [3.63, 3.8) is 0 Å². The van der Waals surface area contributed by atoms with E-state index in [1.165, 1.54) is 31.4 Å². The van der Waals surface area contributed by atoms with Crippen molar-refractivity contribution in [1.82, 2.24) is 5.32 Å². The predicted octanol–water partition coefficient (Wildman–Crippen LogP) is 4.10. The van der Waals surface area contributed by atoms with E-state index in [0.717, 1.165) is 21.4 Å². The van der Waals surface area contributed by atoms with Crippen molar-refractivity contribution in [3.8, 4) is 0 Å². The molecule has 1 aliphatic carbocycles. The standard InChI is InChI=1S/C12H15Br2N/c13-11-5-4-10(6-12(11)14)8-15-7-9-2-1-3-9/h4-6,9,15H,1-3,7-8H2. The van der Waals surface area contributed by atoms with E-state index >= 15 is 0 Å². The lowest BCUT2D eigenvalue weighted by atomic mass is 9.85. The third kappa shape index (κ3) is 3.30. The fourth-order valence-electron chi connectivity index (χ4n) is 1.77. The lowest BCUT2D eigenvalue weighted by molar-refractivity contribution is 0.301. The maximum atomic E-state index is 3.52. The number of hydrogen-bond acceptors (Lipinski definition) is 1. The van der Waals surface area contributed by atoms with Crippen molar-refractivity contribution in [2.45, 2.75) is 25.8 Å². The summed E-state index contributed by atoms with van der Waals surface area (Å²) < 4.78 is 2.25. The minimum absolute atomic E-state index is 0.934. The highest BCUT2D eigenvalue weighted by atomic mass is 79.9. The molecule has 1 saturated carbocycles. The number of hydrogen-bond donors (Lipinski definition) is 1. The predicted molar refractivity (Wildman–Crippen MR) is 70.9 cm³/mol. The molecule has 0 radical (unpaired) electrons. The van der Waals surface area contributed by atoms with Crippen LogP contribution in [0.5, 0.6) is 0 Å². The van der Waals surface area contributed by atoms with Crippen molar-refractivity contribution in [2.75, 3.05) is 6.54 Å². The Morgan fingerprint density at radius 1 is 1.20 bits per heavy atom. The summed E-state index contributed by atoms with van der Waals surface area (Å²) in [6, 6.07) is 6.41. The van der Waals surface area contributed by atoms with Crippen molar-refractivity contribution in [2.24, 2.45) is 5.92 Å². The fourth-order valence-corrected chi connectivity index (χ4v) is 2.44. The summed E-state index contributed by atoms with van der Waals surface area (Å²) in [5.41, 5.74) is 1.34. The summed E-state index contributed by atoms with van der Waals surface area (Å²) in [6.07, 6.45) is 4.25. The number of rotatable bonds is 4. The van der Waals surface area contributed by atoms with Crippen molar-refractivity contribution in [3.05, 3.63) is 32.7 Å². The number of benzene rings is 1. The second kappa shape index (κ2) is 5.46. The highest BCUT2D eigenvalue weighted by molar-refractivity contribution is 9.13. The van der Waals surface area contributed by atoms with Crippen molar-refractivity contribution < 1.29 is 0 Å². The van der Waals surface area contributed by atoms with Gasteiger partial charge in [-0.2, -0.15) is 0 Å². The Balaban J connectivity index is 1.79. The smallest absolute Gasteiger partial charge is 0.0320 e. The van der Waals surface area contributed by atoms with Crippen LogP contribution >= 0.6 is 31.9 Å². The van der Waals surface area contributed by atoms with Gasteiger partial charge in [-0.05, 0) is 74.9 Å². The summed E-state index contributed by atoms with van der Waals surface area (Å²) >= 11 is 6.99. The molecular formula is C12H15Br2N. The van der Waals surface area contributed by atoms with Crippen LogP contribution in [0.3, 0.4) is 0 Å². The highest BCUT2D eigenvalue weighted by Gasteiger charge is 2.16. The molecule has 0 aliphatic heterocycles. The van der Waals surface area contributed by atoms with Gasteiger partial charge < -0.3 is 5.32 Å². The fraction of sp³-hybridized carbons (Fsp3) is 0.500. The van der Waals surface area contributed by atoms with Gasteiger partial charge in [-0.3, -0.25) is 0 Å². The molecule has 1 aromatic carbocycles. The van der Waals surface area contributed by atoms with Crippen LogP contribution in [0.4, 0.5) is 0 Å². The molecule has 0 saturated heterocycles. The van der Waals surface area contributed by atoms with E-state index < -0.39 is 0 Å². The third-order valence-electron chi connectivity index (χ3n) is 2.97. The third-order valence-corrected chi connectivity index (χ3v) is 4.85. The SMILES string of the molecule is Brc1ccc(CNCC2CCC2)cc1Br. The van der Waals surface area contributed by atoms with Gasteiger partial charge in [0.1, 0.15) is 0 Å². The zero-order valence-electron chi connectivity index (χ0n) is 8.60. The van der Waals surface area contributed by atoms with Gasteiger partial charge in [0.15, 0.2) is 0 Å². The highest BCUT2D eigenvalue weighted by Crippen LogP contribution is 2.26. The molecule has 1 fully saturated rings. The normalized spacial score (nSPS) is 16.4. The molecule has 1 nitrogen and oxygen atoms in total.